The molecule has 2 rings (SSSR count). The van der Waals surface area contributed by atoms with Crippen LogP contribution >= 0.6 is 0 Å². The number of ether oxygens (including phenoxy) is 2. The molecule has 0 radical (unpaired) electrons. The first kappa shape index (κ1) is 11.7. The minimum atomic E-state index is -0.132. The summed E-state index contributed by atoms with van der Waals surface area (Å²) >= 11 is 0. The van der Waals surface area contributed by atoms with Crippen LogP contribution in [0, 0.1) is 0 Å². The van der Waals surface area contributed by atoms with E-state index in [1.54, 1.807) is 25.3 Å². The monoisotopic (exact) mass is 236 g/mol. The Kier molecular flexibility index (Phi) is 3.49. The van der Waals surface area contributed by atoms with E-state index in [1.165, 1.54) is 7.11 Å². The molecule has 0 bridgehead atoms. The van der Waals surface area contributed by atoms with Crippen molar-refractivity contribution in [2.75, 3.05) is 27.3 Å². The molecule has 0 unspecified atom stereocenters. The minimum absolute atomic E-state index is 0.132. The van der Waals surface area contributed by atoms with Gasteiger partial charge in [0.25, 0.3) is 5.91 Å². The molecular weight excluding hydrogens is 220 g/mol. The summed E-state index contributed by atoms with van der Waals surface area (Å²) in [4.78, 5) is 12.0. The van der Waals surface area contributed by atoms with Crippen molar-refractivity contribution in [2.45, 2.75) is 6.04 Å². The molecule has 5 nitrogen and oxygen atoms in total. The molecule has 92 valence electrons. The number of para-hydroxylation sites is 1. The third-order valence-electron chi connectivity index (χ3n) is 2.76. The van der Waals surface area contributed by atoms with Gasteiger partial charge in [0, 0.05) is 13.1 Å². The number of nitrogens with one attached hydrogen (secondary N) is 2. The summed E-state index contributed by atoms with van der Waals surface area (Å²) in [7, 11) is 3.08. The highest BCUT2D eigenvalue weighted by Gasteiger charge is 2.22. The molecule has 2 N–H and O–H groups in total. The largest absolute Gasteiger partial charge is 0.493 e. The Bertz CT molecular complexity index is 416. The molecule has 0 saturated carbocycles. The van der Waals surface area contributed by atoms with Crippen LogP contribution in [0.5, 0.6) is 11.5 Å². The smallest absolute Gasteiger partial charge is 0.255 e. The molecule has 0 aliphatic carbocycles. The molecule has 0 atom stereocenters. The Morgan fingerprint density at radius 3 is 2.65 bits per heavy atom. The fraction of sp³-hybridized carbons (Fsp3) is 0.417. The van der Waals surface area contributed by atoms with Crippen LogP contribution in [0.1, 0.15) is 10.4 Å². The lowest BCUT2D eigenvalue weighted by atomic mass is 10.1. The van der Waals surface area contributed by atoms with Crippen LogP contribution in [0.25, 0.3) is 0 Å². The van der Waals surface area contributed by atoms with Crippen molar-refractivity contribution in [1.82, 2.24) is 10.6 Å². The van der Waals surface area contributed by atoms with Crippen LogP contribution in [0.15, 0.2) is 18.2 Å². The maximum Gasteiger partial charge on any atom is 0.255 e. The third-order valence-corrected chi connectivity index (χ3v) is 2.76. The molecule has 1 aromatic carbocycles. The van der Waals surface area contributed by atoms with Crippen molar-refractivity contribution in [3.63, 3.8) is 0 Å². The van der Waals surface area contributed by atoms with Gasteiger partial charge in [-0.1, -0.05) is 6.07 Å². The molecule has 5 heteroatoms. The second-order valence-electron chi connectivity index (χ2n) is 3.87. The van der Waals surface area contributed by atoms with E-state index in [9.17, 15) is 4.79 Å². The summed E-state index contributed by atoms with van der Waals surface area (Å²) in [6.45, 7) is 1.63. The fourth-order valence-corrected chi connectivity index (χ4v) is 1.72. The third kappa shape index (κ3) is 2.34. The molecular formula is C12H16N2O3. The quantitative estimate of drug-likeness (QED) is 0.794. The van der Waals surface area contributed by atoms with Crippen molar-refractivity contribution >= 4 is 5.91 Å². The van der Waals surface area contributed by atoms with Gasteiger partial charge < -0.3 is 20.1 Å². The highest BCUT2D eigenvalue weighted by Crippen LogP contribution is 2.30. The van der Waals surface area contributed by atoms with E-state index < -0.39 is 0 Å². The lowest BCUT2D eigenvalue weighted by molar-refractivity contribution is 0.0920. The molecule has 1 aliphatic rings. The van der Waals surface area contributed by atoms with Crippen LogP contribution in [-0.2, 0) is 0 Å². The van der Waals surface area contributed by atoms with Gasteiger partial charge in [0.2, 0.25) is 0 Å². The number of rotatable bonds is 4. The maximum atomic E-state index is 12.0. The number of carbonyl (C=O) groups excluding carboxylic acids is 1. The highest BCUT2D eigenvalue weighted by molar-refractivity contribution is 5.98. The predicted molar refractivity (Wildman–Crippen MR) is 63.7 cm³/mol. The van der Waals surface area contributed by atoms with Gasteiger partial charge in [0.15, 0.2) is 11.5 Å². The van der Waals surface area contributed by atoms with E-state index in [2.05, 4.69) is 10.6 Å². The van der Waals surface area contributed by atoms with E-state index in [-0.39, 0.29) is 11.9 Å². The van der Waals surface area contributed by atoms with Crippen LogP contribution in [0.3, 0.4) is 0 Å². The summed E-state index contributed by atoms with van der Waals surface area (Å²) in [5.74, 6) is 0.902. The summed E-state index contributed by atoms with van der Waals surface area (Å²) in [6.07, 6.45) is 0. The van der Waals surface area contributed by atoms with Crippen molar-refractivity contribution in [3.05, 3.63) is 23.8 Å². The molecule has 1 aliphatic heterocycles. The lowest BCUT2D eigenvalue weighted by Crippen LogP contribution is -2.56. The molecule has 1 saturated heterocycles. The number of methoxy groups -OCH3 is 2. The minimum Gasteiger partial charge on any atom is -0.493 e. The van der Waals surface area contributed by atoms with Gasteiger partial charge in [-0.2, -0.15) is 0 Å². The summed E-state index contributed by atoms with van der Waals surface area (Å²) in [5, 5.41) is 6.02. The zero-order chi connectivity index (χ0) is 12.3. The molecule has 1 fully saturated rings. The van der Waals surface area contributed by atoms with Crippen molar-refractivity contribution in [2.24, 2.45) is 0 Å². The number of amides is 1. The number of hydrogen-bond acceptors (Lipinski definition) is 4. The second-order valence-corrected chi connectivity index (χ2v) is 3.87. The van der Waals surface area contributed by atoms with Gasteiger partial charge in [-0.25, -0.2) is 0 Å². The number of carbonyl (C=O) groups is 1. The van der Waals surface area contributed by atoms with Gasteiger partial charge in [-0.3, -0.25) is 4.79 Å². The average Bonchev–Trinajstić information content (AvgIpc) is 2.32. The SMILES string of the molecule is COc1cccc(C(=O)NC2CNC2)c1OC. The zero-order valence-electron chi connectivity index (χ0n) is 9.95. The summed E-state index contributed by atoms with van der Waals surface area (Å²) in [5.41, 5.74) is 0.499. The van der Waals surface area contributed by atoms with Gasteiger partial charge in [0.1, 0.15) is 0 Å². The Hall–Kier alpha value is -1.75. The van der Waals surface area contributed by atoms with Crippen LogP contribution in [0.2, 0.25) is 0 Å². The molecule has 0 spiro atoms. The van der Waals surface area contributed by atoms with Gasteiger partial charge in [-0.15, -0.1) is 0 Å². The standard InChI is InChI=1S/C12H16N2O3/c1-16-10-5-3-4-9(11(10)17-2)12(15)14-8-6-13-7-8/h3-5,8,13H,6-7H2,1-2H3,(H,14,15). The molecule has 1 amide bonds. The van der Waals surface area contributed by atoms with E-state index in [1.807, 2.05) is 0 Å². The first-order valence-electron chi connectivity index (χ1n) is 5.49. The Morgan fingerprint density at radius 2 is 2.12 bits per heavy atom. The van der Waals surface area contributed by atoms with Crippen LogP contribution in [0.4, 0.5) is 0 Å². The molecule has 0 aromatic heterocycles. The summed E-state index contributed by atoms with van der Waals surface area (Å²) < 4.78 is 10.4. The van der Waals surface area contributed by atoms with E-state index in [0.717, 1.165) is 13.1 Å². The molecule has 1 heterocycles. The highest BCUT2D eigenvalue weighted by atomic mass is 16.5. The fourth-order valence-electron chi connectivity index (χ4n) is 1.72. The van der Waals surface area contributed by atoms with E-state index in [0.29, 0.717) is 17.1 Å². The first-order chi connectivity index (χ1) is 8.26. The van der Waals surface area contributed by atoms with E-state index >= 15 is 0 Å². The van der Waals surface area contributed by atoms with Gasteiger partial charge >= 0.3 is 0 Å². The first-order valence-corrected chi connectivity index (χ1v) is 5.49. The van der Waals surface area contributed by atoms with Crippen molar-refractivity contribution in [3.8, 4) is 11.5 Å². The van der Waals surface area contributed by atoms with E-state index in [4.69, 9.17) is 9.47 Å². The Balaban J connectivity index is 2.20. The summed E-state index contributed by atoms with van der Waals surface area (Å²) in [6, 6.07) is 5.47. The number of hydrogen-bond donors (Lipinski definition) is 2. The van der Waals surface area contributed by atoms with Crippen molar-refractivity contribution in [1.29, 1.82) is 0 Å². The number of benzene rings is 1. The van der Waals surface area contributed by atoms with Crippen LogP contribution < -0.4 is 20.1 Å². The second kappa shape index (κ2) is 5.05. The molecule has 1 aromatic rings. The maximum absolute atomic E-state index is 12.0. The Labute approximate surface area is 100 Å². The van der Waals surface area contributed by atoms with Crippen molar-refractivity contribution < 1.29 is 14.3 Å². The normalized spacial score (nSPS) is 14.9. The van der Waals surface area contributed by atoms with Gasteiger partial charge in [-0.05, 0) is 12.1 Å². The topological polar surface area (TPSA) is 59.6 Å². The lowest BCUT2D eigenvalue weighted by Gasteiger charge is -2.28. The zero-order valence-corrected chi connectivity index (χ0v) is 9.95. The molecule has 17 heavy (non-hydrogen) atoms. The average molecular weight is 236 g/mol. The predicted octanol–water partition coefficient (Wildman–Crippen LogP) is 0.405. The Morgan fingerprint density at radius 1 is 1.35 bits per heavy atom. The van der Waals surface area contributed by atoms with Crippen LogP contribution in [-0.4, -0.2) is 39.3 Å². The van der Waals surface area contributed by atoms with Gasteiger partial charge in [0.05, 0.1) is 25.8 Å².